The van der Waals surface area contributed by atoms with Crippen molar-refractivity contribution in [3.63, 3.8) is 0 Å². The highest BCUT2D eigenvalue weighted by Crippen LogP contribution is 2.49. The van der Waals surface area contributed by atoms with Crippen LogP contribution in [0.3, 0.4) is 0 Å². The Kier molecular flexibility index (Phi) is 4.23. The van der Waals surface area contributed by atoms with Crippen LogP contribution in [-0.2, 0) is 24.3 Å². The fourth-order valence-electron chi connectivity index (χ4n) is 3.74. The van der Waals surface area contributed by atoms with Crippen molar-refractivity contribution in [3.05, 3.63) is 0 Å². The molecule has 0 amide bonds. The Hall–Kier alpha value is -0.690. The predicted molar refractivity (Wildman–Crippen MR) is 72.0 cm³/mol. The summed E-state index contributed by atoms with van der Waals surface area (Å²) in [4.78, 5) is 32.3. The minimum atomic E-state index is -0.830. The summed E-state index contributed by atoms with van der Waals surface area (Å²) in [6.07, 6.45) is 1.70. The van der Waals surface area contributed by atoms with E-state index in [-0.39, 0.29) is 24.2 Å². The van der Waals surface area contributed by atoms with Crippen LogP contribution >= 0.6 is 0 Å². The summed E-state index contributed by atoms with van der Waals surface area (Å²) in [5.41, 5.74) is 0. The van der Waals surface area contributed by atoms with Gasteiger partial charge in [0, 0.05) is 5.92 Å². The minimum Gasteiger partial charge on any atom is -0.481 e. The van der Waals surface area contributed by atoms with Crippen LogP contribution in [-0.4, -0.2) is 35.5 Å². The molecule has 1 saturated carbocycles. The molecule has 6 nitrogen and oxygen atoms in total. The zero-order valence-corrected chi connectivity index (χ0v) is 12.7. The van der Waals surface area contributed by atoms with Crippen molar-refractivity contribution in [1.29, 1.82) is 0 Å². The van der Waals surface area contributed by atoms with E-state index in [0.717, 1.165) is 19.3 Å². The van der Waals surface area contributed by atoms with Crippen molar-refractivity contribution >= 4 is 5.97 Å². The van der Waals surface area contributed by atoms with Gasteiger partial charge in [-0.3, -0.25) is 4.79 Å². The first kappa shape index (κ1) is 15.2. The summed E-state index contributed by atoms with van der Waals surface area (Å²) in [7, 11) is 0. The number of hydrogen-bond acceptors (Lipinski definition) is 5. The largest absolute Gasteiger partial charge is 0.481 e. The van der Waals surface area contributed by atoms with Crippen LogP contribution in [0.1, 0.15) is 40.0 Å². The molecule has 4 rings (SSSR count). The van der Waals surface area contributed by atoms with Gasteiger partial charge in [-0.1, -0.05) is 33.6 Å². The molecule has 0 radical (unpaired) electrons. The average Bonchev–Trinajstić information content (AvgIpc) is 2.36. The van der Waals surface area contributed by atoms with Gasteiger partial charge in [-0.25, -0.2) is 19.6 Å². The lowest BCUT2D eigenvalue weighted by molar-refractivity contribution is -0.581. The van der Waals surface area contributed by atoms with Crippen LogP contribution in [0, 0.1) is 23.7 Å². The standard InChI is InChI=1S/C15H24O6/c1-7(2)4-5-8(3)6-9-10(15(16)17)12-14-13(20-21-14)11(9)18-19-12/h7-14H,4-6H2,1-3H3,(H,16,17). The lowest BCUT2D eigenvalue weighted by Crippen LogP contribution is -2.72. The zero-order chi connectivity index (χ0) is 15.1. The van der Waals surface area contributed by atoms with Gasteiger partial charge in [-0.05, 0) is 18.3 Å². The molecule has 7 unspecified atom stereocenters. The first-order valence-electron chi connectivity index (χ1n) is 7.86. The Morgan fingerprint density at radius 3 is 2.10 bits per heavy atom. The molecule has 0 aromatic carbocycles. The minimum absolute atomic E-state index is 0.0754. The molecular formula is C15H24O6. The lowest BCUT2D eigenvalue weighted by atomic mass is 9.68. The highest BCUT2D eigenvalue weighted by Gasteiger charge is 2.65. The summed E-state index contributed by atoms with van der Waals surface area (Å²) in [5.74, 6) is -0.355. The van der Waals surface area contributed by atoms with E-state index < -0.39 is 18.0 Å². The third kappa shape index (κ3) is 2.70. The number of fused-ring (bicyclic) bond motifs is 2. The molecule has 4 fully saturated rings. The summed E-state index contributed by atoms with van der Waals surface area (Å²) >= 11 is 0. The normalized spacial score (nSPS) is 42.5. The van der Waals surface area contributed by atoms with Crippen LogP contribution in [0.25, 0.3) is 0 Å². The summed E-state index contributed by atoms with van der Waals surface area (Å²) in [5, 5.41) is 9.56. The zero-order valence-electron chi connectivity index (χ0n) is 12.7. The van der Waals surface area contributed by atoms with Crippen LogP contribution in [0.2, 0.25) is 0 Å². The molecule has 3 saturated heterocycles. The van der Waals surface area contributed by atoms with E-state index >= 15 is 0 Å². The quantitative estimate of drug-likeness (QED) is 0.758. The fourth-order valence-corrected chi connectivity index (χ4v) is 3.74. The van der Waals surface area contributed by atoms with Crippen LogP contribution in [0.15, 0.2) is 0 Å². The topological polar surface area (TPSA) is 74.2 Å². The Labute approximate surface area is 124 Å². The van der Waals surface area contributed by atoms with Gasteiger partial charge in [-0.2, -0.15) is 0 Å². The van der Waals surface area contributed by atoms with Crippen molar-refractivity contribution in [1.82, 2.24) is 0 Å². The molecule has 0 aromatic heterocycles. The van der Waals surface area contributed by atoms with Gasteiger partial charge in [0.1, 0.15) is 12.2 Å². The molecule has 1 N–H and O–H groups in total. The van der Waals surface area contributed by atoms with Crippen molar-refractivity contribution in [2.75, 3.05) is 0 Å². The van der Waals surface area contributed by atoms with Gasteiger partial charge in [0.05, 0.1) is 5.92 Å². The number of carboxylic acid groups (broad SMARTS) is 1. The van der Waals surface area contributed by atoms with Crippen LogP contribution < -0.4 is 0 Å². The molecule has 0 aromatic rings. The Morgan fingerprint density at radius 1 is 0.952 bits per heavy atom. The van der Waals surface area contributed by atoms with Gasteiger partial charge < -0.3 is 5.11 Å². The number of hydrogen-bond donors (Lipinski definition) is 1. The van der Waals surface area contributed by atoms with E-state index in [1.165, 1.54) is 0 Å². The second-order valence-electron chi connectivity index (χ2n) is 7.08. The number of aliphatic carboxylic acids is 1. The molecule has 21 heavy (non-hydrogen) atoms. The molecule has 2 bridgehead atoms. The molecule has 3 heterocycles. The van der Waals surface area contributed by atoms with Gasteiger partial charge in [-0.15, -0.1) is 0 Å². The predicted octanol–water partition coefficient (Wildman–Crippen LogP) is 2.18. The van der Waals surface area contributed by atoms with Crippen molar-refractivity contribution < 1.29 is 29.5 Å². The number of carbonyl (C=O) groups is 1. The average molecular weight is 300 g/mol. The molecule has 120 valence electrons. The van der Waals surface area contributed by atoms with Crippen LogP contribution in [0.5, 0.6) is 0 Å². The van der Waals surface area contributed by atoms with Gasteiger partial charge >= 0.3 is 5.97 Å². The van der Waals surface area contributed by atoms with Crippen LogP contribution in [0.4, 0.5) is 0 Å². The summed E-state index contributed by atoms with van der Waals surface area (Å²) in [6, 6.07) is 0. The second kappa shape index (κ2) is 5.83. The number of rotatable bonds is 6. The maximum Gasteiger partial charge on any atom is 0.309 e. The third-order valence-corrected chi connectivity index (χ3v) is 4.96. The van der Waals surface area contributed by atoms with Crippen molar-refractivity contribution in [2.45, 2.75) is 64.4 Å². The first-order chi connectivity index (χ1) is 9.99. The molecule has 1 aliphatic carbocycles. The molecule has 3 aliphatic heterocycles. The van der Waals surface area contributed by atoms with Crippen molar-refractivity contribution in [3.8, 4) is 0 Å². The Bertz CT molecular complexity index is 398. The second-order valence-corrected chi connectivity index (χ2v) is 7.08. The molecule has 6 heteroatoms. The molecule has 7 atom stereocenters. The monoisotopic (exact) mass is 300 g/mol. The first-order valence-corrected chi connectivity index (χ1v) is 7.86. The van der Waals surface area contributed by atoms with E-state index in [9.17, 15) is 9.90 Å². The SMILES string of the molecule is CC(C)CCC(C)CC1C2OOC(C3OOC23)C1C(=O)O. The van der Waals surface area contributed by atoms with Gasteiger partial charge in [0.2, 0.25) is 0 Å². The molecule has 0 spiro atoms. The van der Waals surface area contributed by atoms with Gasteiger partial charge in [0.25, 0.3) is 0 Å². The molecule has 4 aliphatic rings. The third-order valence-electron chi connectivity index (χ3n) is 4.96. The number of carboxylic acids is 1. The highest BCUT2D eigenvalue weighted by molar-refractivity contribution is 5.72. The van der Waals surface area contributed by atoms with Crippen molar-refractivity contribution in [2.24, 2.45) is 23.7 Å². The van der Waals surface area contributed by atoms with E-state index in [0.29, 0.717) is 11.8 Å². The highest BCUT2D eigenvalue weighted by atomic mass is 17.3. The maximum atomic E-state index is 11.6. The smallest absolute Gasteiger partial charge is 0.309 e. The lowest BCUT2D eigenvalue weighted by Gasteiger charge is -2.56. The van der Waals surface area contributed by atoms with E-state index in [1.807, 2.05) is 0 Å². The van der Waals surface area contributed by atoms with Gasteiger partial charge in [0.15, 0.2) is 12.2 Å². The molecular weight excluding hydrogens is 276 g/mol. The summed E-state index contributed by atoms with van der Waals surface area (Å²) in [6.45, 7) is 6.59. The fraction of sp³-hybridized carbons (Fsp3) is 0.933. The van der Waals surface area contributed by atoms with E-state index in [4.69, 9.17) is 19.6 Å². The Morgan fingerprint density at radius 2 is 1.52 bits per heavy atom. The maximum absolute atomic E-state index is 11.6. The van der Waals surface area contributed by atoms with E-state index in [2.05, 4.69) is 20.8 Å². The van der Waals surface area contributed by atoms with E-state index in [1.54, 1.807) is 0 Å². The Balaban J connectivity index is 1.68. The summed E-state index contributed by atoms with van der Waals surface area (Å²) < 4.78 is 0.